The zero-order chi connectivity index (χ0) is 14.0. The minimum Gasteiger partial charge on any atom is -0.392 e. The molecule has 1 aliphatic heterocycles. The average Bonchev–Trinajstić information content (AvgIpc) is 2.69. The van der Waals surface area contributed by atoms with E-state index >= 15 is 0 Å². The first-order chi connectivity index (χ1) is 9.01. The van der Waals surface area contributed by atoms with E-state index in [9.17, 15) is 5.11 Å². The van der Waals surface area contributed by atoms with Crippen molar-refractivity contribution < 1.29 is 10.2 Å². The van der Waals surface area contributed by atoms with Gasteiger partial charge in [0.15, 0.2) is 0 Å². The van der Waals surface area contributed by atoms with Gasteiger partial charge in [-0.1, -0.05) is 17.7 Å². The van der Waals surface area contributed by atoms with E-state index in [4.69, 9.17) is 16.7 Å². The number of rotatable bonds is 4. The molecule has 19 heavy (non-hydrogen) atoms. The molecule has 2 rings (SSSR count). The van der Waals surface area contributed by atoms with Gasteiger partial charge >= 0.3 is 0 Å². The third-order valence-corrected chi connectivity index (χ3v) is 3.78. The Morgan fingerprint density at radius 1 is 1.42 bits per heavy atom. The number of aliphatic hydroxyl groups excluding tert-OH is 2. The highest BCUT2D eigenvalue weighted by Gasteiger charge is 2.32. The monoisotopic (exact) mass is 284 g/mol. The van der Waals surface area contributed by atoms with Crippen LogP contribution < -0.4 is 4.90 Å². The van der Waals surface area contributed by atoms with E-state index < -0.39 is 0 Å². The molecule has 1 aliphatic rings. The van der Waals surface area contributed by atoms with Gasteiger partial charge in [0.05, 0.1) is 23.4 Å². The summed E-state index contributed by atoms with van der Waals surface area (Å²) in [6, 6.07) is 5.85. The number of benzene rings is 1. The number of hydrogen-bond acceptors (Lipinski definition) is 4. The molecule has 5 heteroatoms. The molecule has 1 fully saturated rings. The minimum atomic E-state index is -0.307. The van der Waals surface area contributed by atoms with Gasteiger partial charge < -0.3 is 20.0 Å². The highest BCUT2D eigenvalue weighted by Crippen LogP contribution is 2.33. The summed E-state index contributed by atoms with van der Waals surface area (Å²) >= 11 is 6.29. The zero-order valence-electron chi connectivity index (χ0n) is 11.4. The maximum absolute atomic E-state index is 9.89. The molecular weight excluding hydrogens is 264 g/mol. The van der Waals surface area contributed by atoms with E-state index in [2.05, 4.69) is 9.80 Å². The lowest BCUT2D eigenvalue weighted by Crippen LogP contribution is -2.37. The van der Waals surface area contributed by atoms with Crippen molar-refractivity contribution in [2.45, 2.75) is 25.2 Å². The Bertz CT molecular complexity index is 439. The maximum Gasteiger partial charge on any atom is 0.0735 e. The number of aliphatic hydroxyl groups is 2. The van der Waals surface area contributed by atoms with Crippen molar-refractivity contribution in [3.8, 4) is 0 Å². The number of nitrogens with zero attached hydrogens (tertiary/aromatic N) is 2. The Balaban J connectivity index is 2.23. The summed E-state index contributed by atoms with van der Waals surface area (Å²) in [4.78, 5) is 4.28. The molecular formula is C14H21ClN2O2. The summed E-state index contributed by atoms with van der Waals surface area (Å²) in [5, 5.41) is 19.6. The molecule has 0 saturated carbocycles. The Morgan fingerprint density at radius 2 is 2.16 bits per heavy atom. The van der Waals surface area contributed by atoms with Gasteiger partial charge in [0.1, 0.15) is 0 Å². The molecule has 0 bridgehead atoms. The highest BCUT2D eigenvalue weighted by molar-refractivity contribution is 6.33. The fourth-order valence-electron chi connectivity index (χ4n) is 2.66. The second kappa shape index (κ2) is 6.09. The Morgan fingerprint density at radius 3 is 2.74 bits per heavy atom. The molecule has 0 amide bonds. The molecule has 1 aromatic rings. The van der Waals surface area contributed by atoms with Crippen LogP contribution in [0.2, 0.25) is 5.02 Å². The lowest BCUT2D eigenvalue weighted by molar-refractivity contribution is 0.191. The lowest BCUT2D eigenvalue weighted by Gasteiger charge is -2.29. The van der Waals surface area contributed by atoms with Gasteiger partial charge in [0.25, 0.3) is 0 Å². The van der Waals surface area contributed by atoms with Crippen molar-refractivity contribution in [1.82, 2.24) is 4.90 Å². The summed E-state index contributed by atoms with van der Waals surface area (Å²) in [5.41, 5.74) is 1.74. The topological polar surface area (TPSA) is 46.9 Å². The molecule has 2 N–H and O–H groups in total. The smallest absolute Gasteiger partial charge is 0.0735 e. The van der Waals surface area contributed by atoms with E-state index in [-0.39, 0.29) is 18.8 Å². The van der Waals surface area contributed by atoms with Crippen LogP contribution in [0.4, 0.5) is 5.69 Å². The molecule has 0 aromatic heterocycles. The molecule has 2 unspecified atom stereocenters. The predicted octanol–water partition coefficient (Wildman–Crippen LogP) is 1.33. The highest BCUT2D eigenvalue weighted by atomic mass is 35.5. The molecule has 4 nitrogen and oxygen atoms in total. The molecule has 106 valence electrons. The fraction of sp³-hybridized carbons (Fsp3) is 0.571. The normalized spacial score (nSPS) is 23.4. The maximum atomic E-state index is 9.89. The van der Waals surface area contributed by atoms with Crippen LogP contribution in [0.1, 0.15) is 12.0 Å². The first-order valence-electron chi connectivity index (χ1n) is 6.50. The average molecular weight is 285 g/mol. The third kappa shape index (κ3) is 3.39. The summed E-state index contributed by atoms with van der Waals surface area (Å²) in [5.74, 6) is 0. The van der Waals surface area contributed by atoms with Gasteiger partial charge in [-0.3, -0.25) is 0 Å². The van der Waals surface area contributed by atoms with Gasteiger partial charge in [-0.05, 0) is 38.2 Å². The van der Waals surface area contributed by atoms with Crippen LogP contribution in [0.3, 0.4) is 0 Å². The molecule has 2 atom stereocenters. The number of halogens is 1. The molecule has 0 spiro atoms. The van der Waals surface area contributed by atoms with E-state index in [1.165, 1.54) is 0 Å². The second-order valence-corrected chi connectivity index (χ2v) is 5.81. The number of hydrogen-bond donors (Lipinski definition) is 2. The molecule has 1 aromatic carbocycles. The van der Waals surface area contributed by atoms with Gasteiger partial charge in [0.2, 0.25) is 0 Å². The van der Waals surface area contributed by atoms with Crippen LogP contribution >= 0.6 is 11.6 Å². The number of anilines is 1. The molecule has 1 saturated heterocycles. The van der Waals surface area contributed by atoms with E-state index in [1.54, 1.807) is 6.07 Å². The third-order valence-electron chi connectivity index (χ3n) is 3.47. The fourth-order valence-corrected chi connectivity index (χ4v) is 2.97. The van der Waals surface area contributed by atoms with Gasteiger partial charge in [-0.2, -0.15) is 0 Å². The van der Waals surface area contributed by atoms with Crippen molar-refractivity contribution >= 4 is 17.3 Å². The first kappa shape index (κ1) is 14.6. The van der Waals surface area contributed by atoms with Crippen molar-refractivity contribution in [1.29, 1.82) is 0 Å². The molecule has 1 heterocycles. The van der Waals surface area contributed by atoms with Gasteiger partial charge in [0, 0.05) is 19.1 Å². The molecule has 0 radical (unpaired) electrons. The van der Waals surface area contributed by atoms with Crippen LogP contribution in [-0.2, 0) is 6.61 Å². The Kier molecular flexibility index (Phi) is 4.68. The van der Waals surface area contributed by atoms with Crippen LogP contribution in [0.5, 0.6) is 0 Å². The summed E-state index contributed by atoms with van der Waals surface area (Å²) in [6.07, 6.45) is 0.453. The first-order valence-corrected chi connectivity index (χ1v) is 6.87. The Hall–Kier alpha value is -0.810. The predicted molar refractivity (Wildman–Crippen MR) is 77.7 cm³/mol. The van der Waals surface area contributed by atoms with Crippen LogP contribution in [0.15, 0.2) is 18.2 Å². The zero-order valence-corrected chi connectivity index (χ0v) is 12.1. The number of likely N-dealkylation sites (N-methyl/N-ethyl adjacent to an activating group) is 1. The van der Waals surface area contributed by atoms with Crippen molar-refractivity contribution in [3.63, 3.8) is 0 Å². The van der Waals surface area contributed by atoms with E-state index in [0.29, 0.717) is 11.6 Å². The summed E-state index contributed by atoms with van der Waals surface area (Å²) in [7, 11) is 4.05. The standard InChI is InChI=1S/C14H21ClN2O2/c1-16(2)7-11-6-12(19)8-17(11)14-4-3-10(9-18)5-13(14)15/h3-5,11-12,18-19H,6-9H2,1-2H3. The second-order valence-electron chi connectivity index (χ2n) is 5.40. The summed E-state index contributed by atoms with van der Waals surface area (Å²) < 4.78 is 0. The van der Waals surface area contributed by atoms with E-state index in [1.807, 2.05) is 26.2 Å². The lowest BCUT2D eigenvalue weighted by atomic mass is 10.1. The molecule has 0 aliphatic carbocycles. The Labute approximate surface area is 119 Å². The van der Waals surface area contributed by atoms with E-state index in [0.717, 1.165) is 24.2 Å². The van der Waals surface area contributed by atoms with Crippen LogP contribution in [0, 0.1) is 0 Å². The van der Waals surface area contributed by atoms with Crippen LogP contribution in [-0.4, -0.2) is 54.4 Å². The van der Waals surface area contributed by atoms with Gasteiger partial charge in [-0.25, -0.2) is 0 Å². The van der Waals surface area contributed by atoms with Crippen molar-refractivity contribution in [3.05, 3.63) is 28.8 Å². The summed E-state index contributed by atoms with van der Waals surface area (Å²) in [6.45, 7) is 1.48. The van der Waals surface area contributed by atoms with Crippen LogP contribution in [0.25, 0.3) is 0 Å². The van der Waals surface area contributed by atoms with Gasteiger partial charge in [-0.15, -0.1) is 0 Å². The minimum absolute atomic E-state index is 0.0102. The van der Waals surface area contributed by atoms with Crippen molar-refractivity contribution in [2.24, 2.45) is 0 Å². The number of β-amino-alcohol motifs (C(OH)–C–C–N with tert-alkyl or cyclic N) is 1. The quantitative estimate of drug-likeness (QED) is 0.876. The SMILES string of the molecule is CN(C)CC1CC(O)CN1c1ccc(CO)cc1Cl. The van der Waals surface area contributed by atoms with Crippen molar-refractivity contribution in [2.75, 3.05) is 32.1 Å². The largest absolute Gasteiger partial charge is 0.392 e.